The van der Waals surface area contributed by atoms with E-state index in [1.54, 1.807) is 6.07 Å². The highest BCUT2D eigenvalue weighted by molar-refractivity contribution is 6.03. The Balaban J connectivity index is 1.85. The molecule has 132 valence electrons. The number of hydrogen-bond donors (Lipinski definition) is 2. The lowest BCUT2D eigenvalue weighted by Crippen LogP contribution is -2.15. The minimum Gasteiger partial charge on any atom is -0.324 e. The summed E-state index contributed by atoms with van der Waals surface area (Å²) in [6.07, 6.45) is 0. The SMILES string of the molecule is Cc1cc(C(=O)Nc2ccccc2)nc(Nc2ccccc2C(C)C)n1. The minimum atomic E-state index is -0.262. The highest BCUT2D eigenvalue weighted by Gasteiger charge is 2.13. The third kappa shape index (κ3) is 4.25. The lowest BCUT2D eigenvalue weighted by molar-refractivity contribution is 0.102. The van der Waals surface area contributed by atoms with Gasteiger partial charge in [-0.05, 0) is 42.7 Å². The van der Waals surface area contributed by atoms with E-state index in [1.165, 1.54) is 5.56 Å². The maximum atomic E-state index is 12.5. The topological polar surface area (TPSA) is 66.9 Å². The van der Waals surface area contributed by atoms with E-state index in [4.69, 9.17) is 0 Å². The number of carbonyl (C=O) groups is 1. The first-order valence-electron chi connectivity index (χ1n) is 8.61. The molecule has 5 heteroatoms. The lowest BCUT2D eigenvalue weighted by atomic mass is 10.0. The number of hydrogen-bond acceptors (Lipinski definition) is 4. The first-order chi connectivity index (χ1) is 12.5. The normalized spacial score (nSPS) is 10.6. The average molecular weight is 346 g/mol. The number of nitrogens with zero attached hydrogens (tertiary/aromatic N) is 2. The van der Waals surface area contributed by atoms with Crippen LogP contribution in [0.5, 0.6) is 0 Å². The van der Waals surface area contributed by atoms with Crippen molar-refractivity contribution in [3.8, 4) is 0 Å². The standard InChI is InChI=1S/C21H22N4O/c1-14(2)17-11-7-8-12-18(17)24-21-22-15(3)13-19(25-21)20(26)23-16-9-5-4-6-10-16/h4-14H,1-3H3,(H,23,26)(H,22,24,25). The Morgan fingerprint density at radius 1 is 0.962 bits per heavy atom. The molecule has 0 aliphatic carbocycles. The quantitative estimate of drug-likeness (QED) is 0.689. The molecule has 1 heterocycles. The number of rotatable bonds is 5. The summed E-state index contributed by atoms with van der Waals surface area (Å²) in [6, 6.07) is 19.0. The monoisotopic (exact) mass is 346 g/mol. The van der Waals surface area contributed by atoms with Gasteiger partial charge in [-0.3, -0.25) is 4.79 Å². The van der Waals surface area contributed by atoms with Gasteiger partial charge in [0, 0.05) is 17.1 Å². The molecule has 0 fully saturated rings. The van der Waals surface area contributed by atoms with Gasteiger partial charge in [0.2, 0.25) is 5.95 Å². The molecule has 0 aliphatic rings. The van der Waals surface area contributed by atoms with Gasteiger partial charge < -0.3 is 10.6 Å². The van der Waals surface area contributed by atoms with Crippen molar-refractivity contribution in [3.63, 3.8) is 0 Å². The molecule has 1 amide bonds. The van der Waals surface area contributed by atoms with Crippen LogP contribution in [0.3, 0.4) is 0 Å². The second-order valence-electron chi connectivity index (χ2n) is 6.41. The molecule has 5 nitrogen and oxygen atoms in total. The Bertz CT molecular complexity index is 907. The summed E-state index contributed by atoms with van der Waals surface area (Å²) in [5, 5.41) is 6.10. The van der Waals surface area contributed by atoms with Crippen LogP contribution in [-0.2, 0) is 0 Å². The van der Waals surface area contributed by atoms with E-state index in [0.717, 1.165) is 17.1 Å². The number of carbonyl (C=O) groups excluding carboxylic acids is 1. The molecular weight excluding hydrogens is 324 g/mol. The van der Waals surface area contributed by atoms with Gasteiger partial charge in [0.25, 0.3) is 5.91 Å². The zero-order valence-corrected chi connectivity index (χ0v) is 15.2. The van der Waals surface area contributed by atoms with Crippen LogP contribution >= 0.6 is 0 Å². The fourth-order valence-electron chi connectivity index (χ4n) is 2.69. The fraction of sp³-hybridized carbons (Fsp3) is 0.190. The molecule has 0 spiro atoms. The van der Waals surface area contributed by atoms with E-state index < -0.39 is 0 Å². The summed E-state index contributed by atoms with van der Waals surface area (Å²) >= 11 is 0. The molecule has 26 heavy (non-hydrogen) atoms. The van der Waals surface area contributed by atoms with E-state index in [9.17, 15) is 4.79 Å². The molecule has 1 aromatic heterocycles. The van der Waals surface area contributed by atoms with Crippen molar-refractivity contribution < 1.29 is 4.79 Å². The van der Waals surface area contributed by atoms with Gasteiger partial charge in [-0.1, -0.05) is 50.2 Å². The Hall–Kier alpha value is -3.21. The summed E-state index contributed by atoms with van der Waals surface area (Å²) in [6.45, 7) is 6.12. The number of para-hydroxylation sites is 2. The second-order valence-corrected chi connectivity index (χ2v) is 6.41. The Morgan fingerprint density at radius 2 is 1.65 bits per heavy atom. The summed E-state index contributed by atoms with van der Waals surface area (Å²) < 4.78 is 0. The number of nitrogens with one attached hydrogen (secondary N) is 2. The maximum Gasteiger partial charge on any atom is 0.274 e. The number of amides is 1. The van der Waals surface area contributed by atoms with E-state index in [-0.39, 0.29) is 5.91 Å². The number of aromatic nitrogens is 2. The minimum absolute atomic E-state index is 0.262. The van der Waals surface area contributed by atoms with Crippen molar-refractivity contribution in [2.24, 2.45) is 0 Å². The average Bonchev–Trinajstić information content (AvgIpc) is 2.62. The third-order valence-corrected chi connectivity index (χ3v) is 3.95. The van der Waals surface area contributed by atoms with Gasteiger partial charge in [-0.15, -0.1) is 0 Å². The largest absolute Gasteiger partial charge is 0.324 e. The Kier molecular flexibility index (Phi) is 5.27. The van der Waals surface area contributed by atoms with E-state index in [2.05, 4.69) is 40.5 Å². The van der Waals surface area contributed by atoms with Crippen molar-refractivity contribution in [2.45, 2.75) is 26.7 Å². The van der Waals surface area contributed by atoms with Crippen molar-refractivity contribution >= 4 is 23.2 Å². The summed E-state index contributed by atoms with van der Waals surface area (Å²) in [4.78, 5) is 21.3. The predicted molar refractivity (Wildman–Crippen MR) is 105 cm³/mol. The first kappa shape index (κ1) is 17.6. The Labute approximate surface area is 153 Å². The van der Waals surface area contributed by atoms with Gasteiger partial charge in [0.05, 0.1) is 0 Å². The number of aryl methyl sites for hydroxylation is 1. The Morgan fingerprint density at radius 3 is 2.38 bits per heavy atom. The molecule has 0 bridgehead atoms. The van der Waals surface area contributed by atoms with E-state index in [0.29, 0.717) is 17.6 Å². The van der Waals surface area contributed by atoms with Crippen LogP contribution < -0.4 is 10.6 Å². The zero-order chi connectivity index (χ0) is 18.5. The fourth-order valence-corrected chi connectivity index (χ4v) is 2.69. The zero-order valence-electron chi connectivity index (χ0n) is 15.2. The molecule has 3 rings (SSSR count). The molecule has 0 radical (unpaired) electrons. The molecule has 2 N–H and O–H groups in total. The molecule has 0 saturated heterocycles. The van der Waals surface area contributed by atoms with Crippen molar-refractivity contribution in [2.75, 3.05) is 10.6 Å². The van der Waals surface area contributed by atoms with Crippen LogP contribution in [0.15, 0.2) is 60.7 Å². The highest BCUT2D eigenvalue weighted by Crippen LogP contribution is 2.25. The molecular formula is C21H22N4O. The van der Waals surface area contributed by atoms with Crippen LogP contribution in [0.1, 0.15) is 41.5 Å². The van der Waals surface area contributed by atoms with Gasteiger partial charge in [-0.25, -0.2) is 9.97 Å². The van der Waals surface area contributed by atoms with Gasteiger partial charge in [0.15, 0.2) is 0 Å². The van der Waals surface area contributed by atoms with Crippen LogP contribution in [0.25, 0.3) is 0 Å². The smallest absolute Gasteiger partial charge is 0.274 e. The lowest BCUT2D eigenvalue weighted by Gasteiger charge is -2.14. The van der Waals surface area contributed by atoms with Crippen molar-refractivity contribution in [3.05, 3.63) is 77.6 Å². The molecule has 0 saturated carbocycles. The molecule has 2 aromatic carbocycles. The summed E-state index contributed by atoms with van der Waals surface area (Å²) in [5.74, 6) is 0.516. The second kappa shape index (κ2) is 7.78. The van der Waals surface area contributed by atoms with Gasteiger partial charge >= 0.3 is 0 Å². The number of anilines is 3. The van der Waals surface area contributed by atoms with Gasteiger partial charge in [0.1, 0.15) is 5.69 Å². The van der Waals surface area contributed by atoms with Crippen LogP contribution in [0, 0.1) is 6.92 Å². The van der Waals surface area contributed by atoms with E-state index in [1.807, 2.05) is 55.5 Å². The first-order valence-corrected chi connectivity index (χ1v) is 8.61. The maximum absolute atomic E-state index is 12.5. The molecule has 0 atom stereocenters. The third-order valence-electron chi connectivity index (χ3n) is 3.95. The van der Waals surface area contributed by atoms with Crippen molar-refractivity contribution in [1.29, 1.82) is 0 Å². The van der Waals surface area contributed by atoms with Crippen LogP contribution in [0.4, 0.5) is 17.3 Å². The summed E-state index contributed by atoms with van der Waals surface area (Å²) in [7, 11) is 0. The molecule has 3 aromatic rings. The molecule has 0 unspecified atom stereocenters. The van der Waals surface area contributed by atoms with Crippen LogP contribution in [-0.4, -0.2) is 15.9 Å². The predicted octanol–water partition coefficient (Wildman–Crippen LogP) is 4.90. The highest BCUT2D eigenvalue weighted by atomic mass is 16.1. The van der Waals surface area contributed by atoms with Crippen LogP contribution in [0.2, 0.25) is 0 Å². The number of benzene rings is 2. The molecule has 0 aliphatic heterocycles. The van der Waals surface area contributed by atoms with Crippen molar-refractivity contribution in [1.82, 2.24) is 9.97 Å². The van der Waals surface area contributed by atoms with E-state index >= 15 is 0 Å². The summed E-state index contributed by atoms with van der Waals surface area (Å²) in [5.41, 5.74) is 3.90. The van der Waals surface area contributed by atoms with Gasteiger partial charge in [-0.2, -0.15) is 0 Å².